The molecule has 3 rings (SSSR count). The molecule has 2 aromatic carbocycles. The van der Waals surface area contributed by atoms with Crippen LogP contribution in [0.4, 0.5) is 0 Å². The van der Waals surface area contributed by atoms with Gasteiger partial charge in [-0.25, -0.2) is 4.98 Å². The number of nitrogens with zero attached hydrogens (tertiary/aromatic N) is 2. The van der Waals surface area contributed by atoms with E-state index in [1.807, 2.05) is 54.7 Å². The molecule has 5 heteroatoms. The molecule has 0 bridgehead atoms. The van der Waals surface area contributed by atoms with Gasteiger partial charge in [0.15, 0.2) is 0 Å². The molecule has 0 saturated carbocycles. The maximum atomic E-state index is 5.25. The lowest BCUT2D eigenvalue weighted by molar-refractivity contribution is 0.414. The van der Waals surface area contributed by atoms with Gasteiger partial charge in [0, 0.05) is 11.1 Å². The van der Waals surface area contributed by atoms with E-state index in [9.17, 15) is 0 Å². The summed E-state index contributed by atoms with van der Waals surface area (Å²) in [5.41, 5.74) is 3.74. The van der Waals surface area contributed by atoms with Gasteiger partial charge in [0.25, 0.3) is 0 Å². The topological polar surface area (TPSA) is 44.2 Å². The number of aromatic nitrogens is 2. The van der Waals surface area contributed by atoms with E-state index in [4.69, 9.17) is 14.5 Å². The third kappa shape index (κ3) is 3.94. The molecule has 4 nitrogen and oxygen atoms in total. The minimum Gasteiger partial charge on any atom is -0.497 e. The monoisotopic (exact) mass is 352 g/mol. The van der Waals surface area contributed by atoms with Crippen LogP contribution in [0, 0.1) is 0 Å². The van der Waals surface area contributed by atoms with Crippen LogP contribution in [0.1, 0.15) is 6.92 Å². The fraction of sp³-hybridized carbons (Fsp3) is 0.200. The Kier molecular flexibility index (Phi) is 5.56. The molecule has 1 aromatic heterocycles. The highest BCUT2D eigenvalue weighted by atomic mass is 32.2. The smallest absolute Gasteiger partial charge is 0.118 e. The van der Waals surface area contributed by atoms with E-state index in [1.54, 1.807) is 26.0 Å². The van der Waals surface area contributed by atoms with Crippen molar-refractivity contribution in [1.29, 1.82) is 0 Å². The highest BCUT2D eigenvalue weighted by Crippen LogP contribution is 2.32. The maximum absolute atomic E-state index is 5.25. The fourth-order valence-corrected chi connectivity index (χ4v) is 3.08. The van der Waals surface area contributed by atoms with Crippen LogP contribution in [-0.4, -0.2) is 29.9 Å². The molecular weight excluding hydrogens is 332 g/mol. The number of benzene rings is 2. The van der Waals surface area contributed by atoms with Crippen LogP contribution in [0.25, 0.3) is 22.5 Å². The molecule has 25 heavy (non-hydrogen) atoms. The summed E-state index contributed by atoms with van der Waals surface area (Å²) in [7, 11) is 3.32. The zero-order chi connectivity index (χ0) is 17.6. The molecule has 0 spiro atoms. The van der Waals surface area contributed by atoms with Crippen LogP contribution in [0.2, 0.25) is 0 Å². The SMILES string of the molecule is CCSc1cnc(-c2ccc(OC)cc2)c(-c2ccc(OC)cc2)n1. The summed E-state index contributed by atoms with van der Waals surface area (Å²) in [6.45, 7) is 2.11. The first-order valence-corrected chi connectivity index (χ1v) is 9.02. The van der Waals surface area contributed by atoms with Crippen molar-refractivity contribution in [3.05, 3.63) is 54.7 Å². The normalized spacial score (nSPS) is 10.5. The van der Waals surface area contributed by atoms with E-state index >= 15 is 0 Å². The second kappa shape index (κ2) is 8.03. The molecule has 0 aliphatic rings. The molecule has 0 aliphatic carbocycles. The molecule has 0 N–H and O–H groups in total. The Balaban J connectivity index is 2.09. The minimum atomic E-state index is 0.820. The first-order chi connectivity index (χ1) is 12.2. The second-order valence-corrected chi connectivity index (χ2v) is 6.58. The van der Waals surface area contributed by atoms with Crippen molar-refractivity contribution in [1.82, 2.24) is 9.97 Å². The number of thioether (sulfide) groups is 1. The van der Waals surface area contributed by atoms with Gasteiger partial charge >= 0.3 is 0 Å². The van der Waals surface area contributed by atoms with Crippen LogP contribution in [0.15, 0.2) is 59.8 Å². The van der Waals surface area contributed by atoms with Gasteiger partial charge < -0.3 is 9.47 Å². The molecule has 0 aliphatic heterocycles. The Bertz CT molecular complexity index is 833. The van der Waals surface area contributed by atoms with Gasteiger partial charge in [0.2, 0.25) is 0 Å². The standard InChI is InChI=1S/C20H20N2O2S/c1-4-25-18-13-21-19(14-5-9-16(23-2)10-6-14)20(22-18)15-7-11-17(24-3)12-8-15/h5-13H,4H2,1-3H3. The van der Waals surface area contributed by atoms with E-state index < -0.39 is 0 Å². The molecule has 0 unspecified atom stereocenters. The van der Waals surface area contributed by atoms with E-state index in [2.05, 4.69) is 11.9 Å². The number of hydrogen-bond donors (Lipinski definition) is 0. The van der Waals surface area contributed by atoms with Gasteiger partial charge in [0.1, 0.15) is 16.5 Å². The number of hydrogen-bond acceptors (Lipinski definition) is 5. The summed E-state index contributed by atoms with van der Waals surface area (Å²) in [6.07, 6.45) is 1.83. The van der Waals surface area contributed by atoms with Crippen LogP contribution in [0.5, 0.6) is 11.5 Å². The van der Waals surface area contributed by atoms with Gasteiger partial charge in [0.05, 0.1) is 31.8 Å². The van der Waals surface area contributed by atoms with Crippen molar-refractivity contribution in [2.24, 2.45) is 0 Å². The molecule has 0 amide bonds. The lowest BCUT2D eigenvalue weighted by atomic mass is 10.0. The van der Waals surface area contributed by atoms with Crippen molar-refractivity contribution >= 4 is 11.8 Å². The van der Waals surface area contributed by atoms with E-state index in [0.717, 1.165) is 44.8 Å². The van der Waals surface area contributed by atoms with E-state index in [-0.39, 0.29) is 0 Å². The summed E-state index contributed by atoms with van der Waals surface area (Å²) in [4.78, 5) is 9.52. The van der Waals surface area contributed by atoms with Gasteiger partial charge in [-0.1, -0.05) is 6.92 Å². The summed E-state index contributed by atoms with van der Waals surface area (Å²) in [5.74, 6) is 2.60. The van der Waals surface area contributed by atoms with Crippen molar-refractivity contribution < 1.29 is 9.47 Å². The Morgan fingerprint density at radius 2 is 1.32 bits per heavy atom. The molecule has 128 valence electrons. The highest BCUT2D eigenvalue weighted by molar-refractivity contribution is 7.99. The summed E-state index contributed by atoms with van der Waals surface area (Å²) < 4.78 is 10.5. The molecular formula is C20H20N2O2S. The Labute approximate surface area is 152 Å². The fourth-order valence-electron chi connectivity index (χ4n) is 2.50. The van der Waals surface area contributed by atoms with E-state index in [1.165, 1.54) is 0 Å². The van der Waals surface area contributed by atoms with Gasteiger partial charge in [-0.15, -0.1) is 11.8 Å². The first-order valence-electron chi connectivity index (χ1n) is 8.04. The quantitative estimate of drug-likeness (QED) is 0.588. The molecule has 0 radical (unpaired) electrons. The van der Waals surface area contributed by atoms with Crippen molar-refractivity contribution in [2.75, 3.05) is 20.0 Å². The summed E-state index contributed by atoms with van der Waals surface area (Å²) >= 11 is 1.68. The minimum absolute atomic E-state index is 0.820. The number of rotatable bonds is 6. The Morgan fingerprint density at radius 1 is 0.800 bits per heavy atom. The van der Waals surface area contributed by atoms with Gasteiger partial charge in [-0.3, -0.25) is 4.98 Å². The third-order valence-corrected chi connectivity index (χ3v) is 4.55. The highest BCUT2D eigenvalue weighted by Gasteiger charge is 2.13. The Hall–Kier alpha value is -2.53. The van der Waals surface area contributed by atoms with Crippen molar-refractivity contribution in [3.8, 4) is 34.0 Å². The van der Waals surface area contributed by atoms with Gasteiger partial charge in [-0.2, -0.15) is 0 Å². The molecule has 1 heterocycles. The number of ether oxygens (including phenoxy) is 2. The lowest BCUT2D eigenvalue weighted by Crippen LogP contribution is -1.96. The number of methoxy groups -OCH3 is 2. The zero-order valence-corrected chi connectivity index (χ0v) is 15.3. The maximum Gasteiger partial charge on any atom is 0.118 e. The van der Waals surface area contributed by atoms with Crippen LogP contribution in [0.3, 0.4) is 0 Å². The van der Waals surface area contributed by atoms with E-state index in [0.29, 0.717) is 0 Å². The molecule has 0 fully saturated rings. The predicted octanol–water partition coefficient (Wildman–Crippen LogP) is 4.94. The van der Waals surface area contributed by atoms with Crippen LogP contribution >= 0.6 is 11.8 Å². The zero-order valence-electron chi connectivity index (χ0n) is 14.5. The Morgan fingerprint density at radius 3 is 1.80 bits per heavy atom. The van der Waals surface area contributed by atoms with Crippen molar-refractivity contribution in [3.63, 3.8) is 0 Å². The molecule has 0 saturated heterocycles. The van der Waals surface area contributed by atoms with Crippen molar-refractivity contribution in [2.45, 2.75) is 11.9 Å². The lowest BCUT2D eigenvalue weighted by Gasteiger charge is -2.11. The average Bonchev–Trinajstić information content (AvgIpc) is 2.68. The first kappa shape index (κ1) is 17.3. The predicted molar refractivity (Wildman–Crippen MR) is 102 cm³/mol. The largest absolute Gasteiger partial charge is 0.497 e. The summed E-state index contributed by atoms with van der Waals surface area (Å²) in [6, 6.07) is 15.8. The molecule has 0 atom stereocenters. The van der Waals surface area contributed by atoms with Crippen LogP contribution < -0.4 is 9.47 Å². The van der Waals surface area contributed by atoms with Gasteiger partial charge in [-0.05, 0) is 54.3 Å². The summed E-state index contributed by atoms with van der Waals surface area (Å²) in [5, 5.41) is 0.922. The second-order valence-electron chi connectivity index (χ2n) is 5.30. The van der Waals surface area contributed by atoms with Crippen LogP contribution in [-0.2, 0) is 0 Å². The molecule has 3 aromatic rings. The third-order valence-electron chi connectivity index (χ3n) is 3.77. The average molecular weight is 352 g/mol.